The fourth-order valence-corrected chi connectivity index (χ4v) is 1.02. The van der Waals surface area contributed by atoms with Crippen LogP contribution >= 0.6 is 0 Å². The van der Waals surface area contributed by atoms with Crippen molar-refractivity contribution in [3.63, 3.8) is 0 Å². The second-order valence-corrected chi connectivity index (χ2v) is 3.75. The molecule has 1 rings (SSSR count). The normalized spacial score (nSPS) is 11.6. The van der Waals surface area contributed by atoms with Gasteiger partial charge in [-0.05, 0) is 20.8 Å². The smallest absolute Gasteiger partial charge is 0.330 e. The van der Waals surface area contributed by atoms with E-state index in [1.54, 1.807) is 0 Å². The first-order valence-corrected chi connectivity index (χ1v) is 3.82. The maximum atomic E-state index is 10.4. The van der Waals surface area contributed by atoms with Gasteiger partial charge in [-0.25, -0.2) is 4.68 Å². The van der Waals surface area contributed by atoms with Gasteiger partial charge in [-0.3, -0.25) is 10.1 Å². The molecule has 1 aromatic rings. The SMILES string of the molecule is CC(C)(C)n1ncc([N+](=O)[O-])c1N. The molecule has 0 unspecified atom stereocenters. The summed E-state index contributed by atoms with van der Waals surface area (Å²) in [6.07, 6.45) is 1.17. The molecule has 0 saturated carbocycles. The quantitative estimate of drug-likeness (QED) is 0.523. The van der Waals surface area contributed by atoms with E-state index in [2.05, 4.69) is 5.10 Å². The standard InChI is InChI=1S/C7H12N4O2/c1-7(2,3)10-6(8)5(4-9-10)11(12)13/h4H,8H2,1-3H3. The maximum Gasteiger partial charge on any atom is 0.330 e. The number of anilines is 1. The highest BCUT2D eigenvalue weighted by Gasteiger charge is 2.24. The Morgan fingerprint density at radius 2 is 2.15 bits per heavy atom. The maximum absolute atomic E-state index is 10.4. The predicted octanol–water partition coefficient (Wildman–Crippen LogP) is 1.13. The Balaban J connectivity index is 3.22. The van der Waals surface area contributed by atoms with Gasteiger partial charge in [0.2, 0.25) is 5.82 Å². The summed E-state index contributed by atoms with van der Waals surface area (Å²) in [7, 11) is 0. The molecular formula is C7H12N4O2. The molecule has 6 nitrogen and oxygen atoms in total. The number of nitrogens with zero attached hydrogens (tertiary/aromatic N) is 3. The van der Waals surface area contributed by atoms with Crippen LogP contribution < -0.4 is 5.73 Å². The van der Waals surface area contributed by atoms with Gasteiger partial charge in [0.1, 0.15) is 6.20 Å². The molecule has 0 atom stereocenters. The number of nitrogens with two attached hydrogens (primary N) is 1. The summed E-state index contributed by atoms with van der Waals surface area (Å²) in [5.74, 6) is 0.0949. The number of aromatic nitrogens is 2. The molecule has 0 aliphatic carbocycles. The molecule has 0 saturated heterocycles. The fourth-order valence-electron chi connectivity index (χ4n) is 1.02. The minimum atomic E-state index is -0.537. The summed E-state index contributed by atoms with van der Waals surface area (Å²) >= 11 is 0. The second kappa shape index (κ2) is 2.72. The number of rotatable bonds is 1. The molecule has 1 aromatic heterocycles. The first-order valence-electron chi connectivity index (χ1n) is 3.82. The van der Waals surface area contributed by atoms with Gasteiger partial charge >= 0.3 is 5.69 Å². The van der Waals surface area contributed by atoms with Crippen molar-refractivity contribution in [2.45, 2.75) is 26.3 Å². The van der Waals surface area contributed by atoms with Crippen LogP contribution in [0.25, 0.3) is 0 Å². The second-order valence-electron chi connectivity index (χ2n) is 3.75. The fraction of sp³-hybridized carbons (Fsp3) is 0.571. The Labute approximate surface area is 75.5 Å². The largest absolute Gasteiger partial charge is 0.378 e. The molecule has 0 aliphatic heterocycles. The molecular weight excluding hydrogens is 172 g/mol. The zero-order chi connectivity index (χ0) is 10.2. The van der Waals surface area contributed by atoms with Gasteiger partial charge in [0.25, 0.3) is 0 Å². The molecule has 0 spiro atoms. The molecule has 13 heavy (non-hydrogen) atoms. The Morgan fingerprint density at radius 3 is 2.38 bits per heavy atom. The van der Waals surface area contributed by atoms with E-state index in [1.807, 2.05) is 20.8 Å². The molecule has 2 N–H and O–H groups in total. The molecule has 0 aliphatic rings. The van der Waals surface area contributed by atoms with Crippen molar-refractivity contribution in [1.29, 1.82) is 0 Å². The zero-order valence-electron chi connectivity index (χ0n) is 7.81. The first kappa shape index (κ1) is 9.50. The van der Waals surface area contributed by atoms with Crippen molar-refractivity contribution in [2.24, 2.45) is 0 Å². The van der Waals surface area contributed by atoms with Crippen molar-refractivity contribution < 1.29 is 4.92 Å². The molecule has 0 aromatic carbocycles. The molecule has 0 bridgehead atoms. The lowest BCUT2D eigenvalue weighted by Gasteiger charge is -2.19. The number of hydrogen-bond acceptors (Lipinski definition) is 4. The van der Waals surface area contributed by atoms with Crippen LogP contribution in [-0.2, 0) is 5.54 Å². The van der Waals surface area contributed by atoms with Crippen molar-refractivity contribution >= 4 is 11.5 Å². The average Bonchev–Trinajstić information content (AvgIpc) is 2.28. The third-order valence-electron chi connectivity index (χ3n) is 1.62. The third-order valence-corrected chi connectivity index (χ3v) is 1.62. The van der Waals surface area contributed by atoms with Crippen LogP contribution in [0.5, 0.6) is 0 Å². The van der Waals surface area contributed by atoms with Crippen LogP contribution in [0.15, 0.2) is 6.20 Å². The molecule has 0 fully saturated rings. The minimum Gasteiger partial charge on any atom is -0.378 e. The molecule has 1 heterocycles. The Hall–Kier alpha value is -1.59. The summed E-state index contributed by atoms with van der Waals surface area (Å²) in [6.45, 7) is 5.63. The van der Waals surface area contributed by atoms with E-state index < -0.39 is 4.92 Å². The summed E-state index contributed by atoms with van der Waals surface area (Å²) in [6, 6.07) is 0. The number of nitrogen functional groups attached to an aromatic ring is 1. The van der Waals surface area contributed by atoms with E-state index >= 15 is 0 Å². The van der Waals surface area contributed by atoms with E-state index in [1.165, 1.54) is 10.9 Å². The molecule has 0 amide bonds. The van der Waals surface area contributed by atoms with Crippen LogP contribution in [0.2, 0.25) is 0 Å². The summed E-state index contributed by atoms with van der Waals surface area (Å²) in [5, 5.41) is 14.3. The predicted molar refractivity (Wildman–Crippen MR) is 48.3 cm³/mol. The third kappa shape index (κ3) is 1.61. The van der Waals surface area contributed by atoms with E-state index in [0.717, 1.165) is 0 Å². The Bertz CT molecular complexity index is 337. The lowest BCUT2D eigenvalue weighted by molar-refractivity contribution is -0.384. The molecule has 6 heteroatoms. The van der Waals surface area contributed by atoms with E-state index in [0.29, 0.717) is 0 Å². The van der Waals surface area contributed by atoms with Gasteiger partial charge in [0, 0.05) is 0 Å². The first-order chi connectivity index (χ1) is 5.84. The van der Waals surface area contributed by atoms with Crippen molar-refractivity contribution in [2.75, 3.05) is 5.73 Å². The van der Waals surface area contributed by atoms with Gasteiger partial charge in [0.15, 0.2) is 0 Å². The van der Waals surface area contributed by atoms with Crippen molar-refractivity contribution in [3.8, 4) is 0 Å². The lowest BCUT2D eigenvalue weighted by Crippen LogP contribution is -2.24. The van der Waals surface area contributed by atoms with Gasteiger partial charge in [-0.15, -0.1) is 0 Å². The minimum absolute atomic E-state index is 0.0949. The van der Waals surface area contributed by atoms with Crippen LogP contribution in [0.4, 0.5) is 11.5 Å². The highest BCUT2D eigenvalue weighted by molar-refractivity contribution is 5.51. The van der Waals surface area contributed by atoms with E-state index in [9.17, 15) is 10.1 Å². The Morgan fingerprint density at radius 1 is 1.62 bits per heavy atom. The number of hydrogen-bond donors (Lipinski definition) is 1. The van der Waals surface area contributed by atoms with Crippen molar-refractivity contribution in [1.82, 2.24) is 9.78 Å². The summed E-state index contributed by atoms with van der Waals surface area (Å²) in [5.41, 5.74) is 5.07. The zero-order valence-corrected chi connectivity index (χ0v) is 7.81. The molecule has 72 valence electrons. The van der Waals surface area contributed by atoms with Gasteiger partial charge < -0.3 is 5.73 Å². The highest BCUT2D eigenvalue weighted by Crippen LogP contribution is 2.25. The van der Waals surface area contributed by atoms with Gasteiger partial charge in [-0.2, -0.15) is 5.10 Å². The van der Waals surface area contributed by atoms with Crippen LogP contribution in [0.1, 0.15) is 20.8 Å². The summed E-state index contributed by atoms with van der Waals surface area (Å²) in [4.78, 5) is 9.90. The average molecular weight is 184 g/mol. The lowest BCUT2D eigenvalue weighted by atomic mass is 10.1. The van der Waals surface area contributed by atoms with Crippen LogP contribution in [-0.4, -0.2) is 14.7 Å². The van der Waals surface area contributed by atoms with Crippen LogP contribution in [0.3, 0.4) is 0 Å². The monoisotopic (exact) mass is 184 g/mol. The van der Waals surface area contributed by atoms with Crippen molar-refractivity contribution in [3.05, 3.63) is 16.3 Å². The highest BCUT2D eigenvalue weighted by atomic mass is 16.6. The van der Waals surface area contributed by atoms with Crippen LogP contribution in [0, 0.1) is 10.1 Å². The Kier molecular flexibility index (Phi) is 1.99. The number of nitro groups is 1. The topological polar surface area (TPSA) is 87.0 Å². The van der Waals surface area contributed by atoms with E-state index in [-0.39, 0.29) is 17.0 Å². The molecule has 0 radical (unpaired) electrons. The summed E-state index contributed by atoms with van der Waals surface area (Å²) < 4.78 is 1.44. The van der Waals surface area contributed by atoms with E-state index in [4.69, 9.17) is 5.73 Å². The van der Waals surface area contributed by atoms with Gasteiger partial charge in [0.05, 0.1) is 10.5 Å². The van der Waals surface area contributed by atoms with Gasteiger partial charge in [-0.1, -0.05) is 0 Å².